The van der Waals surface area contributed by atoms with Crippen LogP contribution in [0.5, 0.6) is 0 Å². The van der Waals surface area contributed by atoms with Gasteiger partial charge in [-0.2, -0.15) is 5.10 Å². The zero-order valence-corrected chi connectivity index (χ0v) is 18.0. The van der Waals surface area contributed by atoms with Crippen LogP contribution in [-0.2, 0) is 21.6 Å². The van der Waals surface area contributed by atoms with Crippen molar-refractivity contribution in [2.24, 2.45) is 0 Å². The average molecular weight is 442 g/mol. The molecule has 26 heavy (non-hydrogen) atoms. The van der Waals surface area contributed by atoms with Gasteiger partial charge in [0.1, 0.15) is 13.1 Å². The Kier molecular flexibility index (Phi) is 5.96. The van der Waals surface area contributed by atoms with Crippen molar-refractivity contribution in [2.75, 3.05) is 19.8 Å². The summed E-state index contributed by atoms with van der Waals surface area (Å²) in [7, 11) is -1.16. The van der Waals surface area contributed by atoms with Gasteiger partial charge in [0.15, 0.2) is 12.0 Å². The number of hydrogen-bond acceptors (Lipinski definition) is 4. The quantitative estimate of drug-likeness (QED) is 0.451. The Morgan fingerprint density at radius 1 is 1.38 bits per heavy atom. The Hall–Kier alpha value is -1.09. The molecule has 0 aliphatic carbocycles. The number of hydrogen-bond donors (Lipinski definition) is 0. The molecule has 1 atom stereocenters. The Balaban J connectivity index is 1.73. The summed E-state index contributed by atoms with van der Waals surface area (Å²) in [6.45, 7) is 8.43. The first-order valence-electron chi connectivity index (χ1n) is 8.75. The molecule has 1 aliphatic heterocycles. The van der Waals surface area contributed by atoms with Gasteiger partial charge in [-0.25, -0.2) is 14.1 Å². The lowest BCUT2D eigenvalue weighted by Gasteiger charge is -2.43. The summed E-state index contributed by atoms with van der Waals surface area (Å²) in [6, 6.07) is 8.78. The molecule has 0 bridgehead atoms. The van der Waals surface area contributed by atoms with Crippen LogP contribution >= 0.6 is 15.9 Å². The monoisotopic (exact) mass is 441 g/mol. The highest BCUT2D eigenvalue weighted by molar-refractivity contribution is 9.10. The summed E-state index contributed by atoms with van der Waals surface area (Å²) in [5, 5.41) is 4.16. The Morgan fingerprint density at radius 2 is 2.15 bits per heavy atom. The Bertz CT molecular complexity index is 746. The lowest BCUT2D eigenvalue weighted by Crippen LogP contribution is -2.50. The van der Waals surface area contributed by atoms with Crippen molar-refractivity contribution < 1.29 is 13.9 Å². The highest BCUT2D eigenvalue weighted by Gasteiger charge is 2.50. The second-order valence-corrected chi connectivity index (χ2v) is 14.5. The van der Waals surface area contributed by atoms with E-state index in [1.54, 1.807) is 0 Å². The molecule has 142 valence electrons. The second-order valence-electron chi connectivity index (χ2n) is 7.99. The van der Waals surface area contributed by atoms with Crippen LogP contribution < -0.4 is 0 Å². The topological polar surface area (TPSA) is 49.2 Å². The van der Waals surface area contributed by atoms with E-state index in [1.165, 1.54) is 11.0 Å². The SMILES string of the molecule is C[Si](C)(C)CCOCn1ncnc1C(F)C1(c2cccc(Br)c2)COC1. The van der Waals surface area contributed by atoms with E-state index < -0.39 is 19.7 Å². The standard InChI is InChI=1S/C18H25BrFN3O2Si/c1-26(2,3)8-7-24-13-23-17(21-12-22-23)16(20)18(10-25-11-18)14-5-4-6-15(19)9-14/h4-6,9,12,16H,7-8,10-11,13H2,1-3H3. The van der Waals surface area contributed by atoms with E-state index in [2.05, 4.69) is 45.7 Å². The van der Waals surface area contributed by atoms with E-state index in [0.29, 0.717) is 25.6 Å². The predicted octanol–water partition coefficient (Wildman–Crippen LogP) is 4.33. The molecule has 0 amide bonds. The molecular formula is C18H25BrFN3O2Si. The van der Waals surface area contributed by atoms with Gasteiger partial charge >= 0.3 is 0 Å². The van der Waals surface area contributed by atoms with Crippen LogP contribution in [-0.4, -0.2) is 42.7 Å². The number of aromatic nitrogens is 3. The first-order valence-corrected chi connectivity index (χ1v) is 13.3. The van der Waals surface area contributed by atoms with Crippen LogP contribution in [0.25, 0.3) is 0 Å². The molecule has 1 aromatic heterocycles. The fraction of sp³-hybridized carbons (Fsp3) is 0.556. The molecule has 1 unspecified atom stereocenters. The first-order chi connectivity index (χ1) is 12.3. The summed E-state index contributed by atoms with van der Waals surface area (Å²) in [4.78, 5) is 4.18. The maximum Gasteiger partial charge on any atom is 0.173 e. The number of benzene rings is 1. The van der Waals surface area contributed by atoms with Crippen LogP contribution in [0.2, 0.25) is 25.7 Å². The minimum absolute atomic E-state index is 0.218. The molecule has 0 radical (unpaired) electrons. The first kappa shape index (κ1) is 19.7. The van der Waals surface area contributed by atoms with Crippen molar-refractivity contribution in [3.63, 3.8) is 0 Å². The summed E-state index contributed by atoms with van der Waals surface area (Å²) in [6.07, 6.45) is 0.0754. The van der Waals surface area contributed by atoms with Crippen LogP contribution in [0.4, 0.5) is 4.39 Å². The van der Waals surface area contributed by atoms with Gasteiger partial charge in [0.2, 0.25) is 0 Å². The number of ether oxygens (including phenoxy) is 2. The zero-order chi connectivity index (χ0) is 18.8. The van der Waals surface area contributed by atoms with Gasteiger partial charge in [-0.15, -0.1) is 0 Å². The lowest BCUT2D eigenvalue weighted by molar-refractivity contribution is -0.103. The third-order valence-corrected chi connectivity index (χ3v) is 6.88. The van der Waals surface area contributed by atoms with Crippen molar-refractivity contribution in [2.45, 2.75) is 44.0 Å². The maximum atomic E-state index is 15.6. The summed E-state index contributed by atoms with van der Waals surface area (Å²) >= 11 is 3.47. The molecule has 0 saturated carbocycles. The fourth-order valence-corrected chi connectivity index (χ4v) is 4.08. The second kappa shape index (κ2) is 7.88. The number of rotatable bonds is 8. The molecule has 2 heterocycles. The Labute approximate surface area is 163 Å². The molecule has 0 N–H and O–H groups in total. The molecule has 1 fully saturated rings. The molecular weight excluding hydrogens is 417 g/mol. The average Bonchev–Trinajstić information content (AvgIpc) is 2.98. The predicted molar refractivity (Wildman–Crippen MR) is 105 cm³/mol. The van der Waals surface area contributed by atoms with E-state index in [1.807, 2.05) is 24.3 Å². The van der Waals surface area contributed by atoms with Gasteiger partial charge in [0.05, 0.1) is 18.6 Å². The van der Waals surface area contributed by atoms with Crippen molar-refractivity contribution >= 4 is 24.0 Å². The van der Waals surface area contributed by atoms with Gasteiger partial charge in [-0.05, 0) is 23.7 Å². The summed E-state index contributed by atoms with van der Waals surface area (Å²) < 4.78 is 29.1. The van der Waals surface area contributed by atoms with Crippen molar-refractivity contribution in [1.82, 2.24) is 14.8 Å². The third kappa shape index (κ3) is 4.24. The van der Waals surface area contributed by atoms with Crippen LogP contribution in [0.15, 0.2) is 35.1 Å². The number of nitrogens with zero attached hydrogens (tertiary/aromatic N) is 3. The number of halogens is 2. The molecule has 1 aliphatic rings. The van der Waals surface area contributed by atoms with Crippen molar-refractivity contribution in [1.29, 1.82) is 0 Å². The fourth-order valence-electron chi connectivity index (χ4n) is 2.92. The molecule has 8 heteroatoms. The normalized spacial score (nSPS) is 17.7. The van der Waals surface area contributed by atoms with E-state index in [9.17, 15) is 0 Å². The smallest absolute Gasteiger partial charge is 0.173 e. The van der Waals surface area contributed by atoms with E-state index in [4.69, 9.17) is 9.47 Å². The minimum atomic E-state index is -1.31. The van der Waals surface area contributed by atoms with Crippen LogP contribution in [0, 0.1) is 0 Å². The van der Waals surface area contributed by atoms with Gasteiger partial charge in [0, 0.05) is 19.2 Å². The highest BCUT2D eigenvalue weighted by atomic mass is 79.9. The van der Waals surface area contributed by atoms with E-state index >= 15 is 4.39 Å². The van der Waals surface area contributed by atoms with Gasteiger partial charge in [0.25, 0.3) is 0 Å². The van der Waals surface area contributed by atoms with Gasteiger partial charge < -0.3 is 9.47 Å². The molecule has 2 aromatic rings. The van der Waals surface area contributed by atoms with Crippen LogP contribution in [0.3, 0.4) is 0 Å². The lowest BCUT2D eigenvalue weighted by atomic mass is 9.74. The highest BCUT2D eigenvalue weighted by Crippen LogP contribution is 2.45. The molecule has 0 spiro atoms. The zero-order valence-electron chi connectivity index (χ0n) is 15.4. The minimum Gasteiger partial charge on any atom is -0.379 e. The van der Waals surface area contributed by atoms with Crippen molar-refractivity contribution in [3.05, 3.63) is 46.5 Å². The molecule has 5 nitrogen and oxygen atoms in total. The van der Waals surface area contributed by atoms with Gasteiger partial charge in [-0.3, -0.25) is 0 Å². The molecule has 1 aromatic carbocycles. The van der Waals surface area contributed by atoms with Crippen LogP contribution in [0.1, 0.15) is 17.6 Å². The largest absolute Gasteiger partial charge is 0.379 e. The summed E-state index contributed by atoms with van der Waals surface area (Å²) in [5.41, 5.74) is 0.173. The van der Waals surface area contributed by atoms with E-state index in [0.717, 1.165) is 16.1 Å². The maximum absolute atomic E-state index is 15.6. The van der Waals surface area contributed by atoms with E-state index in [-0.39, 0.29) is 6.73 Å². The molecule has 1 saturated heterocycles. The Morgan fingerprint density at radius 3 is 2.77 bits per heavy atom. The molecule has 3 rings (SSSR count). The summed E-state index contributed by atoms with van der Waals surface area (Å²) in [5.74, 6) is 0.293. The number of alkyl halides is 1. The van der Waals surface area contributed by atoms with Crippen molar-refractivity contribution in [3.8, 4) is 0 Å². The third-order valence-electron chi connectivity index (χ3n) is 4.69. The van der Waals surface area contributed by atoms with Gasteiger partial charge in [-0.1, -0.05) is 47.7 Å².